The van der Waals surface area contributed by atoms with E-state index in [2.05, 4.69) is 4.98 Å². The molecule has 1 heterocycles. The van der Waals surface area contributed by atoms with Crippen molar-refractivity contribution in [2.75, 3.05) is 0 Å². The molecule has 1 aromatic heterocycles. The third-order valence-corrected chi connectivity index (χ3v) is 3.21. The van der Waals surface area contributed by atoms with E-state index in [0.717, 1.165) is 12.8 Å². The molecule has 0 bridgehead atoms. The van der Waals surface area contributed by atoms with E-state index in [4.69, 9.17) is 14.6 Å². The van der Waals surface area contributed by atoms with Crippen LogP contribution in [0.15, 0.2) is 17.2 Å². The zero-order valence-corrected chi connectivity index (χ0v) is 11.1. The minimum Gasteiger partial charge on any atom is -0.489 e. The zero-order chi connectivity index (χ0) is 13.3. The monoisotopic (exact) mass is 272 g/mol. The van der Waals surface area contributed by atoms with Crippen molar-refractivity contribution in [1.82, 2.24) is 4.98 Å². The number of ether oxygens (including phenoxy) is 2. The SMILES string of the molecule is CC(C)Oc1cc(OC2CC2)c(S(N)(=O)=O)cn1. The minimum atomic E-state index is -3.84. The molecule has 7 heteroatoms. The maximum Gasteiger partial charge on any atom is 0.243 e. The van der Waals surface area contributed by atoms with Crippen molar-refractivity contribution < 1.29 is 17.9 Å². The van der Waals surface area contributed by atoms with E-state index in [9.17, 15) is 8.42 Å². The van der Waals surface area contributed by atoms with Gasteiger partial charge in [0.25, 0.3) is 0 Å². The van der Waals surface area contributed by atoms with E-state index in [1.54, 1.807) is 0 Å². The second-order valence-electron chi connectivity index (χ2n) is 4.50. The van der Waals surface area contributed by atoms with Gasteiger partial charge in [0, 0.05) is 6.07 Å². The molecule has 0 amide bonds. The first-order chi connectivity index (χ1) is 8.36. The van der Waals surface area contributed by atoms with Crippen LogP contribution in [0.5, 0.6) is 11.6 Å². The molecule has 1 aromatic rings. The molecule has 0 unspecified atom stereocenters. The van der Waals surface area contributed by atoms with Crippen LogP contribution in [0.25, 0.3) is 0 Å². The van der Waals surface area contributed by atoms with Gasteiger partial charge in [-0.3, -0.25) is 0 Å². The smallest absolute Gasteiger partial charge is 0.243 e. The van der Waals surface area contributed by atoms with Gasteiger partial charge in [0.15, 0.2) is 0 Å². The standard InChI is InChI=1S/C11H16N2O4S/c1-7(2)16-11-5-9(17-8-3-4-8)10(6-13-11)18(12,14)15/h5-8H,3-4H2,1-2H3,(H2,12,14,15). The van der Waals surface area contributed by atoms with Crippen molar-refractivity contribution >= 4 is 10.0 Å². The number of aromatic nitrogens is 1. The molecule has 2 N–H and O–H groups in total. The van der Waals surface area contributed by atoms with Crippen LogP contribution in [0, 0.1) is 0 Å². The summed E-state index contributed by atoms with van der Waals surface area (Å²) in [6.07, 6.45) is 3.04. The summed E-state index contributed by atoms with van der Waals surface area (Å²) < 4.78 is 33.7. The lowest BCUT2D eigenvalue weighted by Crippen LogP contribution is -2.15. The number of nitrogens with zero attached hydrogens (tertiary/aromatic N) is 1. The van der Waals surface area contributed by atoms with Gasteiger partial charge < -0.3 is 9.47 Å². The van der Waals surface area contributed by atoms with Gasteiger partial charge in [-0.2, -0.15) is 0 Å². The van der Waals surface area contributed by atoms with Crippen molar-refractivity contribution in [3.05, 3.63) is 12.3 Å². The summed E-state index contributed by atoms with van der Waals surface area (Å²) in [7, 11) is -3.84. The molecular weight excluding hydrogens is 256 g/mol. The van der Waals surface area contributed by atoms with Crippen molar-refractivity contribution in [2.24, 2.45) is 5.14 Å². The molecule has 0 aliphatic heterocycles. The van der Waals surface area contributed by atoms with Crippen molar-refractivity contribution in [1.29, 1.82) is 0 Å². The highest BCUT2D eigenvalue weighted by Crippen LogP contribution is 2.32. The molecule has 18 heavy (non-hydrogen) atoms. The fraction of sp³-hybridized carbons (Fsp3) is 0.545. The Bertz CT molecular complexity index is 538. The molecule has 0 aromatic carbocycles. The van der Waals surface area contributed by atoms with E-state index >= 15 is 0 Å². The van der Waals surface area contributed by atoms with E-state index in [-0.39, 0.29) is 22.9 Å². The van der Waals surface area contributed by atoms with E-state index in [1.807, 2.05) is 13.8 Å². The Morgan fingerprint density at radius 3 is 2.61 bits per heavy atom. The fourth-order valence-electron chi connectivity index (χ4n) is 1.38. The number of rotatable bonds is 5. The summed E-state index contributed by atoms with van der Waals surface area (Å²) >= 11 is 0. The molecule has 2 rings (SSSR count). The minimum absolute atomic E-state index is 0.0494. The molecule has 1 saturated carbocycles. The van der Waals surface area contributed by atoms with Crippen LogP contribution < -0.4 is 14.6 Å². The Labute approximate surface area is 106 Å². The molecule has 1 aliphatic carbocycles. The van der Waals surface area contributed by atoms with Gasteiger partial charge in [-0.25, -0.2) is 18.5 Å². The number of pyridine rings is 1. The summed E-state index contributed by atoms with van der Waals surface area (Å²) in [5, 5.41) is 5.12. The maximum atomic E-state index is 11.4. The Morgan fingerprint density at radius 1 is 1.44 bits per heavy atom. The van der Waals surface area contributed by atoms with Gasteiger partial charge in [-0.15, -0.1) is 0 Å². The number of sulfonamides is 1. The second kappa shape index (κ2) is 4.74. The van der Waals surface area contributed by atoms with Gasteiger partial charge in [0.1, 0.15) is 10.6 Å². The quantitative estimate of drug-likeness (QED) is 0.865. The number of nitrogens with two attached hydrogens (primary N) is 1. The number of primary sulfonamides is 1. The molecule has 6 nitrogen and oxygen atoms in total. The topological polar surface area (TPSA) is 91.5 Å². The van der Waals surface area contributed by atoms with E-state index in [0.29, 0.717) is 5.88 Å². The molecule has 0 spiro atoms. The zero-order valence-electron chi connectivity index (χ0n) is 10.3. The van der Waals surface area contributed by atoms with E-state index in [1.165, 1.54) is 12.3 Å². The number of hydrogen-bond acceptors (Lipinski definition) is 5. The maximum absolute atomic E-state index is 11.4. The molecule has 100 valence electrons. The molecule has 0 radical (unpaired) electrons. The summed E-state index contributed by atoms with van der Waals surface area (Å²) in [5.41, 5.74) is 0. The summed E-state index contributed by atoms with van der Waals surface area (Å²) in [6, 6.07) is 1.47. The van der Waals surface area contributed by atoms with Crippen LogP contribution >= 0.6 is 0 Å². The van der Waals surface area contributed by atoms with Crippen LogP contribution in [0.3, 0.4) is 0 Å². The van der Waals surface area contributed by atoms with Gasteiger partial charge >= 0.3 is 0 Å². The van der Waals surface area contributed by atoms with E-state index < -0.39 is 10.0 Å². The van der Waals surface area contributed by atoms with Crippen LogP contribution in [0.4, 0.5) is 0 Å². The highest BCUT2D eigenvalue weighted by atomic mass is 32.2. The highest BCUT2D eigenvalue weighted by molar-refractivity contribution is 7.89. The average molecular weight is 272 g/mol. The van der Waals surface area contributed by atoms with Crippen molar-refractivity contribution in [2.45, 2.75) is 43.8 Å². The molecule has 0 saturated heterocycles. The lowest BCUT2D eigenvalue weighted by atomic mass is 10.4. The van der Waals surface area contributed by atoms with Gasteiger partial charge in [-0.05, 0) is 26.7 Å². The molecule has 1 aliphatic rings. The summed E-state index contributed by atoms with van der Waals surface area (Å²) in [5.74, 6) is 0.540. The van der Waals surface area contributed by atoms with Gasteiger partial charge in [0.2, 0.25) is 15.9 Å². The molecular formula is C11H16N2O4S. The van der Waals surface area contributed by atoms with Crippen LogP contribution in [-0.2, 0) is 10.0 Å². The summed E-state index contributed by atoms with van der Waals surface area (Å²) in [4.78, 5) is 3.81. The van der Waals surface area contributed by atoms with Crippen molar-refractivity contribution in [3.8, 4) is 11.6 Å². The molecule has 1 fully saturated rings. The lowest BCUT2D eigenvalue weighted by Gasteiger charge is -2.13. The Morgan fingerprint density at radius 2 is 2.11 bits per heavy atom. The third-order valence-electron chi connectivity index (χ3n) is 2.29. The highest BCUT2D eigenvalue weighted by Gasteiger charge is 2.27. The lowest BCUT2D eigenvalue weighted by molar-refractivity contribution is 0.228. The first-order valence-corrected chi connectivity index (χ1v) is 7.27. The normalized spacial score (nSPS) is 15.8. The predicted molar refractivity (Wildman–Crippen MR) is 65.0 cm³/mol. The predicted octanol–water partition coefficient (Wildman–Crippen LogP) is 1.06. The Kier molecular flexibility index (Phi) is 3.45. The molecule has 0 atom stereocenters. The van der Waals surface area contributed by atoms with Gasteiger partial charge in [0.05, 0.1) is 18.4 Å². The largest absolute Gasteiger partial charge is 0.489 e. The fourth-order valence-corrected chi connectivity index (χ4v) is 1.97. The summed E-state index contributed by atoms with van der Waals surface area (Å²) in [6.45, 7) is 3.72. The number of hydrogen-bond donors (Lipinski definition) is 1. The van der Waals surface area contributed by atoms with Crippen LogP contribution in [0.1, 0.15) is 26.7 Å². The second-order valence-corrected chi connectivity index (χ2v) is 6.03. The van der Waals surface area contributed by atoms with Crippen LogP contribution in [0.2, 0.25) is 0 Å². The average Bonchev–Trinajstić information content (AvgIpc) is 2.98. The first kappa shape index (κ1) is 13.1. The Balaban J connectivity index is 2.34. The van der Waals surface area contributed by atoms with Gasteiger partial charge in [-0.1, -0.05) is 0 Å². The Hall–Kier alpha value is -1.34. The first-order valence-electron chi connectivity index (χ1n) is 5.72. The third kappa shape index (κ3) is 3.33. The van der Waals surface area contributed by atoms with Crippen molar-refractivity contribution in [3.63, 3.8) is 0 Å². The van der Waals surface area contributed by atoms with Crippen LogP contribution in [-0.4, -0.2) is 25.6 Å².